The van der Waals surface area contributed by atoms with Crippen molar-refractivity contribution >= 4 is 0 Å². The normalized spacial score (nSPS) is 23.2. The second-order valence-electron chi connectivity index (χ2n) is 8.79. The molecule has 150 valence electrons. The Morgan fingerprint density at radius 1 is 1.07 bits per heavy atom. The van der Waals surface area contributed by atoms with Gasteiger partial charge in [0.2, 0.25) is 0 Å². The molecule has 3 N–H and O–H groups in total. The summed E-state index contributed by atoms with van der Waals surface area (Å²) < 4.78 is 0. The zero-order chi connectivity index (χ0) is 19.7. The lowest BCUT2D eigenvalue weighted by molar-refractivity contribution is -0.0959. The van der Waals surface area contributed by atoms with E-state index >= 15 is 0 Å². The van der Waals surface area contributed by atoms with Crippen LogP contribution in [-0.2, 0) is 19.3 Å². The first-order valence-corrected chi connectivity index (χ1v) is 10.4. The fraction of sp³-hybridized carbons (Fsp3) is 0.500. The summed E-state index contributed by atoms with van der Waals surface area (Å²) >= 11 is 0. The number of phenolic OH excluding ortho intramolecular Hbond substituents is 1. The van der Waals surface area contributed by atoms with Crippen molar-refractivity contribution in [3.05, 3.63) is 64.7 Å². The number of phenols is 1. The Labute approximate surface area is 167 Å². The Bertz CT molecular complexity index is 809. The molecule has 4 heteroatoms. The molecular weight excluding hydrogens is 350 g/mol. The quantitative estimate of drug-likeness (QED) is 0.761. The van der Waals surface area contributed by atoms with Crippen LogP contribution >= 0.6 is 0 Å². The van der Waals surface area contributed by atoms with E-state index in [4.69, 9.17) is 0 Å². The predicted octanol–water partition coefficient (Wildman–Crippen LogP) is 3.19. The number of aliphatic hydroxyl groups is 2. The van der Waals surface area contributed by atoms with E-state index in [1.807, 2.05) is 12.1 Å². The average Bonchev–Trinajstić information content (AvgIpc) is 2.69. The molecule has 2 unspecified atom stereocenters. The summed E-state index contributed by atoms with van der Waals surface area (Å²) in [7, 11) is 0. The van der Waals surface area contributed by atoms with Crippen LogP contribution < -0.4 is 0 Å². The molecule has 1 aliphatic heterocycles. The maximum atomic E-state index is 11.0. The molecule has 1 heterocycles. The number of aliphatic hydroxyl groups excluding tert-OH is 1. The van der Waals surface area contributed by atoms with Gasteiger partial charge in [-0.3, -0.25) is 4.90 Å². The molecule has 0 bridgehead atoms. The first kappa shape index (κ1) is 19.4. The van der Waals surface area contributed by atoms with E-state index < -0.39 is 11.8 Å². The van der Waals surface area contributed by atoms with Gasteiger partial charge in [0.1, 0.15) is 12.0 Å². The predicted molar refractivity (Wildman–Crippen MR) is 110 cm³/mol. The molecule has 2 atom stereocenters. The van der Waals surface area contributed by atoms with Gasteiger partial charge in [-0.15, -0.1) is 0 Å². The third kappa shape index (κ3) is 4.24. The fourth-order valence-corrected chi connectivity index (χ4v) is 4.79. The summed E-state index contributed by atoms with van der Waals surface area (Å²) in [4.78, 5) is 2.14. The molecule has 1 fully saturated rings. The van der Waals surface area contributed by atoms with Gasteiger partial charge >= 0.3 is 0 Å². The van der Waals surface area contributed by atoms with Crippen LogP contribution in [0.5, 0.6) is 5.75 Å². The maximum Gasteiger partial charge on any atom is 0.115 e. The van der Waals surface area contributed by atoms with Gasteiger partial charge < -0.3 is 15.3 Å². The number of aromatic hydroxyl groups is 1. The average molecular weight is 382 g/mol. The molecule has 4 rings (SSSR count). The van der Waals surface area contributed by atoms with Crippen LogP contribution in [0.1, 0.15) is 41.5 Å². The zero-order valence-electron chi connectivity index (χ0n) is 16.6. The molecule has 2 aromatic carbocycles. The second kappa shape index (κ2) is 7.86. The number of aryl methyl sites for hydroxylation is 2. The lowest BCUT2D eigenvalue weighted by atomic mass is 9.81. The highest BCUT2D eigenvalue weighted by Gasteiger charge is 2.37. The van der Waals surface area contributed by atoms with Crippen LogP contribution in [0.15, 0.2) is 42.5 Å². The molecule has 28 heavy (non-hydrogen) atoms. The number of likely N-dealkylation sites (tertiary alicyclic amines) is 1. The van der Waals surface area contributed by atoms with E-state index in [1.54, 1.807) is 6.07 Å². The van der Waals surface area contributed by atoms with Crippen molar-refractivity contribution in [2.75, 3.05) is 13.1 Å². The molecule has 1 aliphatic carbocycles. The van der Waals surface area contributed by atoms with Gasteiger partial charge in [0.15, 0.2) is 0 Å². The molecule has 2 aromatic rings. The van der Waals surface area contributed by atoms with Gasteiger partial charge in [-0.2, -0.15) is 0 Å². The van der Waals surface area contributed by atoms with E-state index in [9.17, 15) is 15.3 Å². The molecule has 4 nitrogen and oxygen atoms in total. The number of rotatable bonds is 4. The van der Waals surface area contributed by atoms with Gasteiger partial charge in [0.05, 0.1) is 5.60 Å². The zero-order valence-corrected chi connectivity index (χ0v) is 16.6. The summed E-state index contributed by atoms with van der Waals surface area (Å²) in [5.41, 5.74) is 4.17. The monoisotopic (exact) mass is 381 g/mol. The summed E-state index contributed by atoms with van der Waals surface area (Å²) in [6, 6.07) is 14.0. The Hall–Kier alpha value is -1.88. The Kier molecular flexibility index (Phi) is 5.46. The highest BCUT2D eigenvalue weighted by Crippen LogP contribution is 2.33. The van der Waals surface area contributed by atoms with Crippen molar-refractivity contribution in [2.45, 2.75) is 57.3 Å². The molecule has 2 aliphatic rings. The molecule has 0 radical (unpaired) electrons. The molecule has 0 spiro atoms. The first-order chi connectivity index (χ1) is 13.4. The van der Waals surface area contributed by atoms with Gasteiger partial charge in [-0.25, -0.2) is 0 Å². The minimum absolute atomic E-state index is 0.209. The highest BCUT2D eigenvalue weighted by atomic mass is 16.3. The lowest BCUT2D eigenvalue weighted by Gasteiger charge is -2.43. The molecule has 0 aromatic heterocycles. The van der Waals surface area contributed by atoms with Crippen molar-refractivity contribution in [2.24, 2.45) is 5.92 Å². The van der Waals surface area contributed by atoms with Crippen LogP contribution in [0.3, 0.4) is 0 Å². The fourth-order valence-electron chi connectivity index (χ4n) is 4.79. The third-order valence-electron chi connectivity index (χ3n) is 6.63. The van der Waals surface area contributed by atoms with Crippen LogP contribution in [0.25, 0.3) is 0 Å². The van der Waals surface area contributed by atoms with Crippen molar-refractivity contribution < 1.29 is 15.3 Å². The van der Waals surface area contributed by atoms with E-state index in [2.05, 4.69) is 36.1 Å². The number of hydrogen-bond acceptors (Lipinski definition) is 4. The molecule has 0 saturated carbocycles. The number of fused-ring (bicyclic) bond motifs is 1. The van der Waals surface area contributed by atoms with Crippen molar-refractivity contribution in [1.29, 1.82) is 0 Å². The van der Waals surface area contributed by atoms with Crippen LogP contribution in [0, 0.1) is 12.8 Å². The molecule has 0 amide bonds. The van der Waals surface area contributed by atoms with Gasteiger partial charge in [-0.05, 0) is 67.9 Å². The Morgan fingerprint density at radius 3 is 2.50 bits per heavy atom. The highest BCUT2D eigenvalue weighted by molar-refractivity contribution is 5.36. The summed E-state index contributed by atoms with van der Waals surface area (Å²) in [5.74, 6) is 0.530. The van der Waals surface area contributed by atoms with E-state index in [1.165, 1.54) is 22.3 Å². The van der Waals surface area contributed by atoms with Crippen LogP contribution in [0.2, 0.25) is 0 Å². The van der Waals surface area contributed by atoms with Gasteiger partial charge in [0.25, 0.3) is 0 Å². The smallest absolute Gasteiger partial charge is 0.115 e. The SMILES string of the molecule is Cc1ccc(CC2(O)CCN(C(O)C3CCc4cc(O)ccc4C3)CC2)cc1. The number of nitrogens with zero attached hydrogens (tertiary/aromatic N) is 1. The molecular formula is C24H31NO3. The Balaban J connectivity index is 1.34. The lowest BCUT2D eigenvalue weighted by Crippen LogP contribution is -2.51. The summed E-state index contributed by atoms with van der Waals surface area (Å²) in [5, 5.41) is 31.6. The number of piperidine rings is 1. The molecule has 1 saturated heterocycles. The van der Waals surface area contributed by atoms with Gasteiger partial charge in [0, 0.05) is 25.4 Å². The standard InChI is InChI=1S/C24H31NO3/c1-17-2-4-18(5-3-17)16-24(28)10-12-25(13-11-24)23(27)21-7-6-20-15-22(26)9-8-19(20)14-21/h2-5,8-9,15,21,23,26-28H,6-7,10-14,16H2,1H3. The number of benzene rings is 2. The van der Waals surface area contributed by atoms with Crippen LogP contribution in [-0.4, -0.2) is 45.1 Å². The number of hydrogen-bond donors (Lipinski definition) is 3. The summed E-state index contributed by atoms with van der Waals surface area (Å²) in [6.45, 7) is 3.52. The van der Waals surface area contributed by atoms with Crippen molar-refractivity contribution in [3.8, 4) is 5.75 Å². The van der Waals surface area contributed by atoms with Crippen LogP contribution in [0.4, 0.5) is 0 Å². The largest absolute Gasteiger partial charge is 0.508 e. The van der Waals surface area contributed by atoms with E-state index in [0.29, 0.717) is 25.0 Å². The van der Waals surface area contributed by atoms with E-state index in [-0.39, 0.29) is 5.92 Å². The minimum atomic E-state index is -0.678. The Morgan fingerprint density at radius 2 is 1.79 bits per heavy atom. The van der Waals surface area contributed by atoms with Crippen molar-refractivity contribution in [3.63, 3.8) is 0 Å². The maximum absolute atomic E-state index is 11.0. The topological polar surface area (TPSA) is 63.9 Å². The minimum Gasteiger partial charge on any atom is -0.508 e. The van der Waals surface area contributed by atoms with Crippen molar-refractivity contribution in [1.82, 2.24) is 4.90 Å². The third-order valence-corrected chi connectivity index (χ3v) is 6.63. The summed E-state index contributed by atoms with van der Waals surface area (Å²) in [6.07, 6.45) is 4.27. The second-order valence-corrected chi connectivity index (χ2v) is 8.79. The first-order valence-electron chi connectivity index (χ1n) is 10.4. The van der Waals surface area contributed by atoms with E-state index in [0.717, 1.165) is 32.4 Å². The van der Waals surface area contributed by atoms with Gasteiger partial charge in [-0.1, -0.05) is 35.9 Å².